The molecule has 0 saturated carbocycles. The van der Waals surface area contributed by atoms with Gasteiger partial charge in [0.05, 0.1) is 11.9 Å². The monoisotopic (exact) mass is 390 g/mol. The van der Waals surface area contributed by atoms with Crippen molar-refractivity contribution in [3.05, 3.63) is 65.4 Å². The first-order valence-electron chi connectivity index (χ1n) is 7.36. The van der Waals surface area contributed by atoms with Gasteiger partial charge in [-0.1, -0.05) is 35.9 Å². The van der Waals surface area contributed by atoms with E-state index in [1.807, 2.05) is 48.7 Å². The minimum absolute atomic E-state index is 0. The summed E-state index contributed by atoms with van der Waals surface area (Å²) in [5.41, 5.74) is 8.24. The van der Waals surface area contributed by atoms with Crippen LogP contribution < -0.4 is 5.73 Å². The van der Waals surface area contributed by atoms with Crippen LogP contribution in [-0.4, -0.2) is 41.2 Å². The van der Waals surface area contributed by atoms with Gasteiger partial charge in [0.15, 0.2) is 11.5 Å². The van der Waals surface area contributed by atoms with Gasteiger partial charge in [0, 0.05) is 17.4 Å². The molecule has 4 rings (SSSR count). The predicted octanol–water partition coefficient (Wildman–Crippen LogP) is 0.698. The fourth-order valence-electron chi connectivity index (χ4n) is 2.47. The van der Waals surface area contributed by atoms with Crippen LogP contribution in [0.5, 0.6) is 0 Å². The molecule has 0 fully saturated rings. The first-order chi connectivity index (χ1) is 11.7. The Kier molecular flexibility index (Phi) is 7.32. The Balaban J connectivity index is 0.00000121. The van der Waals surface area contributed by atoms with Gasteiger partial charge in [-0.15, -0.1) is 0 Å². The molecular weight excluding hydrogens is 372 g/mol. The molecule has 0 aliphatic carbocycles. The number of anilines is 1. The summed E-state index contributed by atoms with van der Waals surface area (Å²) in [5, 5.41) is 5.90. The van der Waals surface area contributed by atoms with Crippen LogP contribution in [0, 0.1) is 0 Å². The van der Waals surface area contributed by atoms with Gasteiger partial charge in [-0.25, -0.2) is 9.97 Å². The minimum Gasteiger partial charge on any atom is -0.412 e. The third-order valence-corrected chi connectivity index (χ3v) is 4.01. The third kappa shape index (κ3) is 4.36. The number of hydrogen-bond donors (Lipinski definition) is 1. The van der Waals surface area contributed by atoms with Crippen molar-refractivity contribution in [1.82, 2.24) is 24.7 Å². The van der Waals surface area contributed by atoms with Crippen LogP contribution in [-0.2, 0) is 6.54 Å². The first kappa shape index (κ1) is 21.9. The van der Waals surface area contributed by atoms with Gasteiger partial charge in [0.2, 0.25) is 0 Å². The number of hydrogen-bond acceptors (Lipinski definition) is 5. The van der Waals surface area contributed by atoms with Crippen LogP contribution in [0.3, 0.4) is 0 Å². The normalized spacial score (nSPS) is 9.81. The molecule has 0 unspecified atom stereocenters. The predicted molar refractivity (Wildman–Crippen MR) is 104 cm³/mol. The van der Waals surface area contributed by atoms with Gasteiger partial charge in [-0.05, 0) is 23.8 Å². The van der Waals surface area contributed by atoms with Gasteiger partial charge in [0.1, 0.15) is 11.5 Å². The van der Waals surface area contributed by atoms with Crippen molar-refractivity contribution < 1.29 is 16.4 Å². The zero-order chi connectivity index (χ0) is 16.5. The smallest absolute Gasteiger partial charge is 0.187 e. The topological polar surface area (TPSA) is 177 Å². The fourth-order valence-corrected chi connectivity index (χ4v) is 2.66. The minimum atomic E-state index is 0. The average Bonchev–Trinajstić information content (AvgIpc) is 3.01. The zero-order valence-electron chi connectivity index (χ0n) is 14.1. The summed E-state index contributed by atoms with van der Waals surface area (Å²) in [5.74, 6) is 0.842. The van der Waals surface area contributed by atoms with E-state index >= 15 is 0 Å². The lowest BCUT2D eigenvalue weighted by Gasteiger charge is -2.03. The third-order valence-electron chi connectivity index (χ3n) is 3.64. The molecule has 0 radical (unpaired) electrons. The molecule has 10 heteroatoms. The zero-order valence-corrected chi connectivity index (χ0v) is 14.9. The van der Waals surface area contributed by atoms with Crippen molar-refractivity contribution in [2.75, 3.05) is 5.73 Å². The molecule has 142 valence electrons. The van der Waals surface area contributed by atoms with E-state index in [4.69, 9.17) is 17.3 Å². The lowest BCUT2D eigenvalue weighted by Crippen LogP contribution is -2.00. The van der Waals surface area contributed by atoms with Crippen molar-refractivity contribution in [3.63, 3.8) is 0 Å². The molecule has 0 bridgehead atoms. The number of halogens is 1. The Bertz CT molecular complexity index is 1030. The van der Waals surface area contributed by atoms with E-state index in [0.29, 0.717) is 39.9 Å². The van der Waals surface area contributed by atoms with Crippen molar-refractivity contribution in [3.8, 4) is 11.5 Å². The second kappa shape index (κ2) is 9.01. The Morgan fingerprint density at radius 1 is 0.963 bits per heavy atom. The summed E-state index contributed by atoms with van der Waals surface area (Å²) in [6, 6.07) is 13.2. The van der Waals surface area contributed by atoms with Crippen LogP contribution in [0.4, 0.5) is 5.82 Å². The van der Waals surface area contributed by atoms with Crippen LogP contribution in [0.25, 0.3) is 22.6 Å². The van der Waals surface area contributed by atoms with Crippen LogP contribution >= 0.6 is 11.6 Å². The highest BCUT2D eigenvalue weighted by atomic mass is 35.5. The molecule has 8 N–H and O–H groups in total. The highest BCUT2D eigenvalue weighted by molar-refractivity contribution is 6.31. The van der Waals surface area contributed by atoms with Gasteiger partial charge < -0.3 is 22.2 Å². The Morgan fingerprint density at radius 2 is 1.70 bits per heavy atom. The molecular formula is C17H19ClN6O3. The van der Waals surface area contributed by atoms with Gasteiger partial charge in [0.25, 0.3) is 0 Å². The fraction of sp³-hybridized carbons (Fsp3) is 0.0588. The lowest BCUT2D eigenvalue weighted by atomic mass is 10.2. The van der Waals surface area contributed by atoms with E-state index in [-0.39, 0.29) is 16.4 Å². The average molecular weight is 391 g/mol. The van der Waals surface area contributed by atoms with Crippen LogP contribution in [0.15, 0.2) is 54.9 Å². The van der Waals surface area contributed by atoms with E-state index < -0.39 is 0 Å². The largest absolute Gasteiger partial charge is 0.412 e. The maximum absolute atomic E-state index is 6.21. The van der Waals surface area contributed by atoms with E-state index in [1.54, 1.807) is 10.9 Å². The van der Waals surface area contributed by atoms with E-state index in [1.165, 1.54) is 0 Å². The molecule has 1 aromatic carbocycles. The number of pyridine rings is 1. The van der Waals surface area contributed by atoms with Gasteiger partial charge >= 0.3 is 0 Å². The van der Waals surface area contributed by atoms with Crippen molar-refractivity contribution in [2.24, 2.45) is 0 Å². The summed E-state index contributed by atoms with van der Waals surface area (Å²) >= 11 is 6.21. The standard InChI is InChI=1S/C17H13ClN6.3H2O/c18-13-6-2-1-5-11(13)9-24-10-12-15(19)21-17(22-16(12)23-24)14-7-3-4-8-20-14;;;/h1-8,10H,9H2,(H2,19,21,22,23);3*1H2. The summed E-state index contributed by atoms with van der Waals surface area (Å²) in [4.78, 5) is 13.1. The Morgan fingerprint density at radius 3 is 2.41 bits per heavy atom. The van der Waals surface area contributed by atoms with Crippen LogP contribution in [0.2, 0.25) is 5.02 Å². The number of rotatable bonds is 3. The van der Waals surface area contributed by atoms with Crippen molar-refractivity contribution >= 4 is 28.5 Å². The van der Waals surface area contributed by atoms with Gasteiger partial charge in [-0.3, -0.25) is 9.67 Å². The molecule has 0 saturated heterocycles. The highest BCUT2D eigenvalue weighted by Crippen LogP contribution is 2.22. The maximum atomic E-state index is 6.21. The lowest BCUT2D eigenvalue weighted by molar-refractivity contribution is 0.693. The van der Waals surface area contributed by atoms with E-state index in [2.05, 4.69) is 20.1 Å². The number of nitrogens with zero attached hydrogens (tertiary/aromatic N) is 5. The number of aromatic nitrogens is 5. The summed E-state index contributed by atoms with van der Waals surface area (Å²) in [7, 11) is 0. The highest BCUT2D eigenvalue weighted by Gasteiger charge is 2.12. The maximum Gasteiger partial charge on any atom is 0.187 e. The molecule has 9 nitrogen and oxygen atoms in total. The number of fused-ring (bicyclic) bond motifs is 1. The number of benzene rings is 1. The molecule has 3 heterocycles. The molecule has 0 aliphatic rings. The Hall–Kier alpha value is -3.11. The molecule has 0 atom stereocenters. The summed E-state index contributed by atoms with van der Waals surface area (Å²) < 4.78 is 1.76. The van der Waals surface area contributed by atoms with Crippen molar-refractivity contribution in [2.45, 2.75) is 6.54 Å². The molecule has 0 aliphatic heterocycles. The second-order valence-electron chi connectivity index (χ2n) is 5.30. The van der Waals surface area contributed by atoms with Gasteiger partial charge in [-0.2, -0.15) is 5.10 Å². The summed E-state index contributed by atoms with van der Waals surface area (Å²) in [6.07, 6.45) is 3.52. The second-order valence-corrected chi connectivity index (χ2v) is 5.71. The van der Waals surface area contributed by atoms with Crippen molar-refractivity contribution in [1.29, 1.82) is 0 Å². The first-order valence-corrected chi connectivity index (χ1v) is 7.74. The molecule has 0 amide bonds. The molecule has 0 spiro atoms. The number of nitrogens with two attached hydrogens (primary N) is 1. The van der Waals surface area contributed by atoms with E-state index in [0.717, 1.165) is 5.56 Å². The Labute approximate surface area is 159 Å². The SMILES string of the molecule is Nc1nc(-c2ccccn2)nc2nn(Cc3ccccc3Cl)cc12.O.O.O. The number of nitrogen functional groups attached to an aromatic ring is 1. The summed E-state index contributed by atoms with van der Waals surface area (Å²) in [6.45, 7) is 0.536. The molecule has 4 aromatic rings. The molecule has 3 aromatic heterocycles. The van der Waals surface area contributed by atoms with E-state index in [9.17, 15) is 0 Å². The molecule has 27 heavy (non-hydrogen) atoms. The quantitative estimate of drug-likeness (QED) is 0.539. The van der Waals surface area contributed by atoms with Crippen LogP contribution in [0.1, 0.15) is 5.56 Å².